The van der Waals surface area contributed by atoms with Crippen molar-refractivity contribution in [2.75, 3.05) is 23.7 Å². The SMILES string of the molecule is CC(Nc1ccc(NC(=O)C2(n3cccn3)CCNCC2)cc1)c1ccccc1.Cl. The molecule has 1 aliphatic heterocycles. The van der Waals surface area contributed by atoms with Crippen molar-refractivity contribution in [2.45, 2.75) is 31.3 Å². The van der Waals surface area contributed by atoms with Crippen molar-refractivity contribution in [3.63, 3.8) is 0 Å². The Bertz CT molecular complexity index is 922. The average Bonchev–Trinajstić information content (AvgIpc) is 3.32. The van der Waals surface area contributed by atoms with Crippen LogP contribution in [-0.4, -0.2) is 28.8 Å². The third-order valence-corrected chi connectivity index (χ3v) is 5.62. The highest BCUT2D eigenvalue weighted by Crippen LogP contribution is 2.29. The smallest absolute Gasteiger partial charge is 0.252 e. The largest absolute Gasteiger partial charge is 0.379 e. The van der Waals surface area contributed by atoms with E-state index in [0.29, 0.717) is 0 Å². The van der Waals surface area contributed by atoms with E-state index in [1.54, 1.807) is 10.9 Å². The average molecular weight is 426 g/mol. The zero-order valence-electron chi connectivity index (χ0n) is 17.0. The van der Waals surface area contributed by atoms with Gasteiger partial charge in [-0.1, -0.05) is 30.3 Å². The lowest BCUT2D eigenvalue weighted by atomic mass is 9.87. The van der Waals surface area contributed by atoms with E-state index in [9.17, 15) is 4.79 Å². The predicted octanol–water partition coefficient (Wildman–Crippen LogP) is 4.20. The maximum Gasteiger partial charge on any atom is 0.252 e. The van der Waals surface area contributed by atoms with Crippen LogP contribution in [0.5, 0.6) is 0 Å². The number of piperidine rings is 1. The van der Waals surface area contributed by atoms with Crippen molar-refractivity contribution < 1.29 is 4.79 Å². The molecule has 0 spiro atoms. The van der Waals surface area contributed by atoms with E-state index in [2.05, 4.69) is 40.1 Å². The summed E-state index contributed by atoms with van der Waals surface area (Å²) in [6.45, 7) is 3.73. The minimum atomic E-state index is -0.645. The predicted molar refractivity (Wildman–Crippen MR) is 123 cm³/mol. The van der Waals surface area contributed by atoms with E-state index < -0.39 is 5.54 Å². The Hall–Kier alpha value is -2.83. The summed E-state index contributed by atoms with van der Waals surface area (Å²) in [5.41, 5.74) is 2.39. The normalized spacial score (nSPS) is 16.2. The van der Waals surface area contributed by atoms with Gasteiger partial charge in [-0.3, -0.25) is 9.48 Å². The molecule has 1 atom stereocenters. The maximum absolute atomic E-state index is 13.2. The molecule has 7 heteroatoms. The summed E-state index contributed by atoms with van der Waals surface area (Å²) in [4.78, 5) is 13.2. The van der Waals surface area contributed by atoms with Gasteiger partial charge in [-0.05, 0) is 68.8 Å². The van der Waals surface area contributed by atoms with Crippen molar-refractivity contribution in [2.24, 2.45) is 0 Å². The molecule has 1 saturated heterocycles. The molecule has 1 aliphatic rings. The standard InChI is InChI=1S/C23H27N5O.ClH/c1-18(19-6-3-2-4-7-19)26-20-8-10-21(11-9-20)27-22(29)23(12-15-24-16-13-23)28-17-5-14-25-28;/h2-11,14,17-18,24,26H,12-13,15-16H2,1H3,(H,27,29);1H. The number of benzene rings is 2. The molecule has 1 fully saturated rings. The van der Waals surface area contributed by atoms with Crippen LogP contribution in [0.4, 0.5) is 11.4 Å². The molecule has 158 valence electrons. The van der Waals surface area contributed by atoms with E-state index >= 15 is 0 Å². The number of carbonyl (C=O) groups excluding carboxylic acids is 1. The highest BCUT2D eigenvalue weighted by atomic mass is 35.5. The number of nitrogens with one attached hydrogen (secondary N) is 3. The van der Waals surface area contributed by atoms with Gasteiger partial charge in [0, 0.05) is 29.8 Å². The number of nitrogens with zero attached hydrogens (tertiary/aromatic N) is 2. The summed E-state index contributed by atoms with van der Waals surface area (Å²) < 4.78 is 1.81. The molecule has 1 amide bonds. The van der Waals surface area contributed by atoms with Crippen LogP contribution in [0.3, 0.4) is 0 Å². The number of anilines is 2. The Morgan fingerprint density at radius 1 is 1.03 bits per heavy atom. The first kappa shape index (κ1) is 21.9. The van der Waals surface area contributed by atoms with Gasteiger partial charge in [-0.15, -0.1) is 12.4 Å². The molecule has 0 bridgehead atoms. The van der Waals surface area contributed by atoms with Crippen molar-refractivity contribution in [1.29, 1.82) is 0 Å². The van der Waals surface area contributed by atoms with E-state index in [0.717, 1.165) is 37.3 Å². The molecule has 6 nitrogen and oxygen atoms in total. The van der Waals surface area contributed by atoms with Crippen LogP contribution in [0, 0.1) is 0 Å². The fourth-order valence-corrected chi connectivity index (χ4v) is 3.89. The zero-order valence-corrected chi connectivity index (χ0v) is 17.9. The summed E-state index contributed by atoms with van der Waals surface area (Å²) in [5.74, 6) is -0.0129. The number of hydrogen-bond donors (Lipinski definition) is 3. The minimum absolute atomic E-state index is 0. The third-order valence-electron chi connectivity index (χ3n) is 5.62. The van der Waals surface area contributed by atoms with Gasteiger partial charge in [-0.25, -0.2) is 0 Å². The molecule has 1 unspecified atom stereocenters. The number of hydrogen-bond acceptors (Lipinski definition) is 4. The van der Waals surface area contributed by atoms with E-state index in [4.69, 9.17) is 0 Å². The van der Waals surface area contributed by atoms with Gasteiger partial charge in [0.15, 0.2) is 0 Å². The van der Waals surface area contributed by atoms with Gasteiger partial charge in [0.2, 0.25) is 0 Å². The molecular formula is C23H28ClN5O. The molecule has 0 radical (unpaired) electrons. The Kier molecular flexibility index (Phi) is 7.13. The van der Waals surface area contributed by atoms with E-state index in [-0.39, 0.29) is 24.4 Å². The van der Waals surface area contributed by atoms with Crippen LogP contribution in [0.1, 0.15) is 31.4 Å². The summed E-state index contributed by atoms with van der Waals surface area (Å²) >= 11 is 0. The molecule has 3 N–H and O–H groups in total. The molecule has 2 heterocycles. The van der Waals surface area contributed by atoms with Crippen molar-refractivity contribution in [3.05, 3.63) is 78.6 Å². The third kappa shape index (κ3) is 4.66. The Morgan fingerprint density at radius 3 is 2.33 bits per heavy atom. The lowest BCUT2D eigenvalue weighted by Crippen LogP contribution is -2.52. The number of carbonyl (C=O) groups is 1. The summed E-state index contributed by atoms with van der Waals surface area (Å²) in [6.07, 6.45) is 5.04. The quantitative estimate of drug-likeness (QED) is 0.553. The molecular weight excluding hydrogens is 398 g/mol. The first-order valence-electron chi connectivity index (χ1n) is 10.1. The van der Waals surface area contributed by atoms with Crippen LogP contribution in [0.2, 0.25) is 0 Å². The number of amides is 1. The van der Waals surface area contributed by atoms with E-state index in [1.165, 1.54) is 5.56 Å². The Morgan fingerprint density at radius 2 is 1.70 bits per heavy atom. The Labute approximate surface area is 183 Å². The zero-order chi connectivity index (χ0) is 20.1. The molecule has 3 aromatic rings. The van der Waals surface area contributed by atoms with Crippen LogP contribution in [-0.2, 0) is 10.3 Å². The molecule has 2 aromatic carbocycles. The number of rotatable bonds is 6. The highest BCUT2D eigenvalue weighted by Gasteiger charge is 2.42. The molecule has 0 aliphatic carbocycles. The first-order chi connectivity index (χ1) is 14.2. The molecule has 1 aromatic heterocycles. The fourth-order valence-electron chi connectivity index (χ4n) is 3.89. The van der Waals surface area contributed by atoms with Gasteiger partial charge in [-0.2, -0.15) is 5.10 Å². The van der Waals surface area contributed by atoms with Crippen LogP contribution >= 0.6 is 12.4 Å². The van der Waals surface area contributed by atoms with Gasteiger partial charge in [0.25, 0.3) is 5.91 Å². The van der Waals surface area contributed by atoms with Crippen LogP contribution in [0.25, 0.3) is 0 Å². The van der Waals surface area contributed by atoms with Gasteiger partial charge in [0.05, 0.1) is 0 Å². The second kappa shape index (κ2) is 9.78. The van der Waals surface area contributed by atoms with Crippen molar-refractivity contribution in [3.8, 4) is 0 Å². The van der Waals surface area contributed by atoms with Gasteiger partial charge < -0.3 is 16.0 Å². The van der Waals surface area contributed by atoms with Crippen molar-refractivity contribution >= 4 is 29.7 Å². The van der Waals surface area contributed by atoms with Gasteiger partial charge >= 0.3 is 0 Å². The number of halogens is 1. The second-order valence-electron chi connectivity index (χ2n) is 7.54. The maximum atomic E-state index is 13.2. The monoisotopic (exact) mass is 425 g/mol. The molecule has 0 saturated carbocycles. The lowest BCUT2D eigenvalue weighted by Gasteiger charge is -2.36. The first-order valence-corrected chi connectivity index (χ1v) is 10.1. The van der Waals surface area contributed by atoms with Crippen LogP contribution < -0.4 is 16.0 Å². The minimum Gasteiger partial charge on any atom is -0.379 e. The Balaban J connectivity index is 0.00000256. The molecule has 30 heavy (non-hydrogen) atoms. The van der Waals surface area contributed by atoms with Crippen LogP contribution in [0.15, 0.2) is 73.1 Å². The highest BCUT2D eigenvalue weighted by molar-refractivity contribution is 5.96. The second-order valence-corrected chi connectivity index (χ2v) is 7.54. The van der Waals surface area contributed by atoms with Crippen molar-refractivity contribution in [1.82, 2.24) is 15.1 Å². The lowest BCUT2D eigenvalue weighted by molar-refractivity contribution is -0.126. The summed E-state index contributed by atoms with van der Waals surface area (Å²) in [6, 6.07) is 20.3. The number of aromatic nitrogens is 2. The summed E-state index contributed by atoms with van der Waals surface area (Å²) in [5, 5.41) is 14.3. The summed E-state index contributed by atoms with van der Waals surface area (Å²) in [7, 11) is 0. The topological polar surface area (TPSA) is 71.0 Å². The molecule has 4 rings (SSSR count). The van der Waals surface area contributed by atoms with Gasteiger partial charge in [0.1, 0.15) is 5.54 Å². The fraction of sp³-hybridized carbons (Fsp3) is 0.304. The van der Waals surface area contributed by atoms with E-state index in [1.807, 2.05) is 54.7 Å².